The van der Waals surface area contributed by atoms with E-state index < -0.39 is 0 Å². The van der Waals surface area contributed by atoms with Gasteiger partial charge >= 0.3 is 0 Å². The Morgan fingerprint density at radius 3 is 2.42 bits per heavy atom. The van der Waals surface area contributed by atoms with Gasteiger partial charge in [-0.25, -0.2) is 4.39 Å². The van der Waals surface area contributed by atoms with Gasteiger partial charge in [-0.2, -0.15) is 0 Å². The summed E-state index contributed by atoms with van der Waals surface area (Å²) in [5.41, 5.74) is 2.08. The molecular formula is C20H16FN3S2. The molecule has 2 heterocycles. The summed E-state index contributed by atoms with van der Waals surface area (Å²) < 4.78 is 15.3. The molecule has 2 aromatic carbocycles. The highest BCUT2D eigenvalue weighted by Crippen LogP contribution is 2.37. The predicted octanol–water partition coefficient (Wildman–Crippen LogP) is 5.99. The predicted molar refractivity (Wildman–Crippen MR) is 105 cm³/mol. The fraction of sp³-hybridized carbons (Fsp3) is 0.100. The molecule has 26 heavy (non-hydrogen) atoms. The molecule has 0 unspecified atom stereocenters. The van der Waals surface area contributed by atoms with Gasteiger partial charge in [-0.3, -0.25) is 4.57 Å². The zero-order valence-corrected chi connectivity index (χ0v) is 15.7. The lowest BCUT2D eigenvalue weighted by molar-refractivity contribution is 0.627. The van der Waals surface area contributed by atoms with Crippen LogP contribution < -0.4 is 0 Å². The van der Waals surface area contributed by atoms with Gasteiger partial charge < -0.3 is 0 Å². The minimum absolute atomic E-state index is 0.124. The van der Waals surface area contributed by atoms with E-state index >= 15 is 0 Å². The fourth-order valence-corrected chi connectivity index (χ4v) is 4.37. The van der Waals surface area contributed by atoms with Crippen LogP contribution in [-0.4, -0.2) is 14.8 Å². The zero-order chi connectivity index (χ0) is 17.9. The Kier molecular flexibility index (Phi) is 4.86. The normalized spacial score (nSPS) is 12.2. The molecule has 0 bridgehead atoms. The zero-order valence-electron chi connectivity index (χ0n) is 14.0. The number of hydrogen-bond donors (Lipinski definition) is 0. The van der Waals surface area contributed by atoms with Crippen molar-refractivity contribution < 1.29 is 4.39 Å². The Bertz CT molecular complexity index is 980. The lowest BCUT2D eigenvalue weighted by Crippen LogP contribution is -2.00. The van der Waals surface area contributed by atoms with E-state index in [1.165, 1.54) is 12.1 Å². The second-order valence-corrected chi connectivity index (χ2v) is 8.02. The van der Waals surface area contributed by atoms with Crippen molar-refractivity contribution in [3.63, 3.8) is 0 Å². The Hall–Kier alpha value is -2.44. The molecule has 1 atom stereocenters. The molecule has 0 N–H and O–H groups in total. The first-order valence-corrected chi connectivity index (χ1v) is 9.95. The topological polar surface area (TPSA) is 30.7 Å². The molecule has 0 aliphatic heterocycles. The first kappa shape index (κ1) is 17.0. The summed E-state index contributed by atoms with van der Waals surface area (Å²) in [6.07, 6.45) is 0. The van der Waals surface area contributed by atoms with Crippen molar-refractivity contribution in [3.05, 3.63) is 83.5 Å². The number of aromatic nitrogens is 3. The molecule has 0 amide bonds. The average Bonchev–Trinajstić information content (AvgIpc) is 3.32. The molecule has 4 aromatic rings. The van der Waals surface area contributed by atoms with Crippen LogP contribution in [0.1, 0.15) is 17.7 Å². The maximum atomic E-state index is 13.2. The summed E-state index contributed by atoms with van der Waals surface area (Å²) in [4.78, 5) is 1.07. The van der Waals surface area contributed by atoms with Crippen LogP contribution in [0.15, 0.2) is 77.3 Å². The molecule has 0 spiro atoms. The maximum Gasteiger partial charge on any atom is 0.196 e. The summed E-state index contributed by atoms with van der Waals surface area (Å²) >= 11 is 3.25. The van der Waals surface area contributed by atoms with Gasteiger partial charge in [0.05, 0.1) is 4.88 Å². The fourth-order valence-electron chi connectivity index (χ4n) is 2.68. The lowest BCUT2D eigenvalue weighted by atomic mass is 10.2. The summed E-state index contributed by atoms with van der Waals surface area (Å²) in [6, 6.07) is 20.8. The highest BCUT2D eigenvalue weighted by Gasteiger charge is 2.19. The van der Waals surface area contributed by atoms with Crippen LogP contribution in [0.3, 0.4) is 0 Å². The molecule has 2 aromatic heterocycles. The van der Waals surface area contributed by atoms with E-state index in [1.54, 1.807) is 23.1 Å². The standard InChI is InChI=1S/C20H16FN3S2/c1-14(15-9-11-16(21)12-10-15)26-20-23-22-19(18-8-5-13-25-18)24(20)17-6-3-2-4-7-17/h2-14H,1H3/t14-/m0/s1. The van der Waals surface area contributed by atoms with Crippen molar-refractivity contribution in [1.82, 2.24) is 14.8 Å². The smallest absolute Gasteiger partial charge is 0.196 e. The molecule has 0 saturated heterocycles. The number of thioether (sulfide) groups is 1. The highest BCUT2D eigenvalue weighted by atomic mass is 32.2. The van der Waals surface area contributed by atoms with Crippen LogP contribution in [0, 0.1) is 5.82 Å². The van der Waals surface area contributed by atoms with Gasteiger partial charge in [-0.1, -0.05) is 48.2 Å². The molecule has 0 aliphatic rings. The highest BCUT2D eigenvalue weighted by molar-refractivity contribution is 7.99. The molecule has 130 valence electrons. The molecule has 0 fully saturated rings. The van der Waals surface area contributed by atoms with E-state index in [-0.39, 0.29) is 11.1 Å². The van der Waals surface area contributed by atoms with E-state index in [0.29, 0.717) is 0 Å². The lowest BCUT2D eigenvalue weighted by Gasteiger charge is -2.13. The van der Waals surface area contributed by atoms with E-state index in [1.807, 2.05) is 60.0 Å². The number of hydrogen-bond acceptors (Lipinski definition) is 4. The minimum atomic E-state index is -0.224. The van der Waals surface area contributed by atoms with E-state index in [9.17, 15) is 4.39 Å². The second-order valence-electron chi connectivity index (χ2n) is 5.77. The first-order chi connectivity index (χ1) is 12.7. The maximum absolute atomic E-state index is 13.2. The Labute approximate surface area is 159 Å². The molecule has 0 aliphatic carbocycles. The van der Waals surface area contributed by atoms with Crippen LogP contribution in [0.25, 0.3) is 16.4 Å². The van der Waals surface area contributed by atoms with Crippen LogP contribution in [0.2, 0.25) is 0 Å². The van der Waals surface area contributed by atoms with E-state index in [4.69, 9.17) is 0 Å². The number of halogens is 1. The number of para-hydroxylation sites is 1. The molecule has 0 radical (unpaired) electrons. The second kappa shape index (κ2) is 7.43. The number of nitrogens with zero attached hydrogens (tertiary/aromatic N) is 3. The third-order valence-corrected chi connectivity index (χ3v) is 5.98. The molecule has 3 nitrogen and oxygen atoms in total. The first-order valence-electron chi connectivity index (χ1n) is 8.19. The monoisotopic (exact) mass is 381 g/mol. The molecule has 0 saturated carbocycles. The van der Waals surface area contributed by atoms with Crippen LogP contribution >= 0.6 is 23.1 Å². The van der Waals surface area contributed by atoms with Crippen molar-refractivity contribution in [2.75, 3.05) is 0 Å². The van der Waals surface area contributed by atoms with Crippen LogP contribution in [-0.2, 0) is 0 Å². The third kappa shape index (κ3) is 3.43. The molecular weight excluding hydrogens is 365 g/mol. The molecule has 4 rings (SSSR count). The van der Waals surface area contributed by atoms with Crippen molar-refractivity contribution in [2.45, 2.75) is 17.3 Å². The van der Waals surface area contributed by atoms with Gasteiger partial charge in [0.1, 0.15) is 5.82 Å². The third-order valence-electron chi connectivity index (χ3n) is 4.01. The Morgan fingerprint density at radius 2 is 1.73 bits per heavy atom. The van der Waals surface area contributed by atoms with Crippen molar-refractivity contribution in [1.29, 1.82) is 0 Å². The Morgan fingerprint density at radius 1 is 0.962 bits per heavy atom. The number of benzene rings is 2. The molecule has 6 heteroatoms. The largest absolute Gasteiger partial charge is 0.269 e. The quantitative estimate of drug-likeness (QED) is 0.398. The summed E-state index contributed by atoms with van der Waals surface area (Å²) in [5.74, 6) is 0.610. The van der Waals surface area contributed by atoms with Crippen LogP contribution in [0.4, 0.5) is 4.39 Å². The van der Waals surface area contributed by atoms with E-state index in [2.05, 4.69) is 21.7 Å². The van der Waals surface area contributed by atoms with Gasteiger partial charge in [0, 0.05) is 10.9 Å². The van der Waals surface area contributed by atoms with Gasteiger partial charge in [-0.05, 0) is 48.2 Å². The van der Waals surface area contributed by atoms with E-state index in [0.717, 1.165) is 27.1 Å². The minimum Gasteiger partial charge on any atom is -0.269 e. The SMILES string of the molecule is C[C@H](Sc1nnc(-c2cccs2)n1-c1ccccc1)c1ccc(F)cc1. The van der Waals surface area contributed by atoms with Crippen molar-refractivity contribution in [3.8, 4) is 16.4 Å². The van der Waals surface area contributed by atoms with Crippen molar-refractivity contribution >= 4 is 23.1 Å². The van der Waals surface area contributed by atoms with Gasteiger partial charge in [-0.15, -0.1) is 21.5 Å². The van der Waals surface area contributed by atoms with Gasteiger partial charge in [0.15, 0.2) is 11.0 Å². The average molecular weight is 382 g/mol. The Balaban J connectivity index is 1.73. The van der Waals surface area contributed by atoms with Crippen molar-refractivity contribution in [2.24, 2.45) is 0 Å². The number of thiophene rings is 1. The van der Waals surface area contributed by atoms with Crippen LogP contribution in [0.5, 0.6) is 0 Å². The van der Waals surface area contributed by atoms with Gasteiger partial charge in [0.2, 0.25) is 0 Å². The van der Waals surface area contributed by atoms with Gasteiger partial charge in [0.25, 0.3) is 0 Å². The number of rotatable bonds is 5. The summed E-state index contributed by atoms with van der Waals surface area (Å²) in [5, 5.41) is 11.9. The summed E-state index contributed by atoms with van der Waals surface area (Å²) in [6.45, 7) is 2.09. The summed E-state index contributed by atoms with van der Waals surface area (Å²) in [7, 11) is 0.